The van der Waals surface area contributed by atoms with Gasteiger partial charge in [-0.25, -0.2) is 0 Å². The molecule has 0 atom stereocenters. The van der Waals surface area contributed by atoms with Crippen molar-refractivity contribution < 1.29 is 9.32 Å². The second kappa shape index (κ2) is 8.58. The van der Waals surface area contributed by atoms with E-state index in [9.17, 15) is 4.79 Å². The summed E-state index contributed by atoms with van der Waals surface area (Å²) in [6, 6.07) is 11.9. The van der Waals surface area contributed by atoms with E-state index in [1.807, 2.05) is 53.3 Å². The predicted molar refractivity (Wildman–Crippen MR) is 111 cm³/mol. The minimum absolute atomic E-state index is 0.210. The van der Waals surface area contributed by atoms with Gasteiger partial charge >= 0.3 is 0 Å². The summed E-state index contributed by atoms with van der Waals surface area (Å²) in [5, 5.41) is 15.3. The van der Waals surface area contributed by atoms with Crippen LogP contribution in [0.4, 0.5) is 0 Å². The molecule has 4 rings (SSSR count). The maximum absolute atomic E-state index is 11.3. The first-order valence-corrected chi connectivity index (χ1v) is 10.7. The first-order chi connectivity index (χ1) is 14.1. The molecule has 1 amide bonds. The number of rotatable bonds is 8. The van der Waals surface area contributed by atoms with Crippen LogP contribution in [-0.2, 0) is 17.1 Å². The normalized spacial score (nSPS) is 11.1. The van der Waals surface area contributed by atoms with Gasteiger partial charge in [-0.1, -0.05) is 52.8 Å². The molecule has 0 saturated carbocycles. The lowest BCUT2D eigenvalue weighted by molar-refractivity contribution is -0.118. The molecule has 0 aliphatic carbocycles. The predicted octanol–water partition coefficient (Wildman–Crippen LogP) is 3.53. The van der Waals surface area contributed by atoms with Gasteiger partial charge in [0.2, 0.25) is 17.6 Å². The molecule has 8 nitrogen and oxygen atoms in total. The zero-order valence-electron chi connectivity index (χ0n) is 15.6. The van der Waals surface area contributed by atoms with Gasteiger partial charge in [-0.15, -0.1) is 21.5 Å². The summed E-state index contributed by atoms with van der Waals surface area (Å²) in [4.78, 5) is 16.7. The Bertz CT molecular complexity index is 1100. The Balaban J connectivity index is 1.51. The molecule has 0 unspecified atom stereocenters. The van der Waals surface area contributed by atoms with E-state index < -0.39 is 0 Å². The molecule has 0 radical (unpaired) electrons. The van der Waals surface area contributed by atoms with Crippen molar-refractivity contribution >= 4 is 29.0 Å². The third-order valence-electron chi connectivity index (χ3n) is 4.14. The summed E-state index contributed by atoms with van der Waals surface area (Å²) < 4.78 is 7.28. The second-order valence-electron chi connectivity index (χ2n) is 6.32. The quantitative estimate of drug-likeness (QED) is 0.429. The summed E-state index contributed by atoms with van der Waals surface area (Å²) in [5.74, 6) is 1.83. The fraction of sp³-hybridized carbons (Fsp3) is 0.211. The Hall–Kier alpha value is -2.98. The van der Waals surface area contributed by atoms with Crippen LogP contribution >= 0.6 is 23.1 Å². The molecule has 0 fully saturated rings. The van der Waals surface area contributed by atoms with Gasteiger partial charge in [-0.05, 0) is 18.4 Å². The molecule has 0 aliphatic rings. The van der Waals surface area contributed by atoms with Crippen LogP contribution in [0, 0.1) is 6.92 Å². The van der Waals surface area contributed by atoms with Gasteiger partial charge in [0.05, 0.1) is 10.6 Å². The minimum atomic E-state index is -0.369. The number of thioether (sulfide) groups is 1. The van der Waals surface area contributed by atoms with Crippen LogP contribution < -0.4 is 5.73 Å². The smallest absolute Gasteiger partial charge is 0.237 e. The zero-order chi connectivity index (χ0) is 20.2. The number of aromatic nitrogens is 5. The maximum Gasteiger partial charge on any atom is 0.237 e. The van der Waals surface area contributed by atoms with Gasteiger partial charge in [0.15, 0.2) is 11.0 Å². The number of carbonyl (C=O) groups is 1. The number of benzene rings is 1. The van der Waals surface area contributed by atoms with Crippen molar-refractivity contribution in [3.8, 4) is 22.1 Å². The van der Waals surface area contributed by atoms with Crippen LogP contribution in [0.25, 0.3) is 22.1 Å². The number of nitrogens with zero attached hydrogens (tertiary/aromatic N) is 5. The molecule has 4 aromatic rings. The van der Waals surface area contributed by atoms with E-state index in [2.05, 4.69) is 20.3 Å². The Morgan fingerprint density at radius 2 is 2.07 bits per heavy atom. The molecule has 148 valence electrons. The van der Waals surface area contributed by atoms with E-state index in [1.165, 1.54) is 17.3 Å². The van der Waals surface area contributed by atoms with Gasteiger partial charge in [0.25, 0.3) is 0 Å². The number of carbonyl (C=O) groups excluding carboxylic acids is 1. The number of hydrogen-bond acceptors (Lipinski definition) is 8. The van der Waals surface area contributed by atoms with Gasteiger partial charge in [-0.2, -0.15) is 4.98 Å². The third-order valence-corrected chi connectivity index (χ3v) is 5.96. The van der Waals surface area contributed by atoms with Crippen LogP contribution in [-0.4, -0.2) is 30.8 Å². The lowest BCUT2D eigenvalue weighted by atomic mass is 10.1. The molecule has 3 heterocycles. The number of primary amides is 1. The van der Waals surface area contributed by atoms with Crippen molar-refractivity contribution in [1.82, 2.24) is 24.9 Å². The molecule has 3 aromatic heterocycles. The topological polar surface area (TPSA) is 113 Å². The Morgan fingerprint density at radius 1 is 1.24 bits per heavy atom. The van der Waals surface area contributed by atoms with Crippen molar-refractivity contribution in [1.29, 1.82) is 0 Å². The van der Waals surface area contributed by atoms with E-state index in [4.69, 9.17) is 10.3 Å². The van der Waals surface area contributed by atoms with Crippen LogP contribution in [0.3, 0.4) is 0 Å². The first kappa shape index (κ1) is 19.3. The molecular formula is C19H18N6O2S2. The number of hydrogen-bond donors (Lipinski definition) is 1. The van der Waals surface area contributed by atoms with Crippen LogP contribution in [0.1, 0.15) is 17.9 Å². The molecule has 2 N–H and O–H groups in total. The van der Waals surface area contributed by atoms with Gasteiger partial charge in [0, 0.05) is 18.5 Å². The van der Waals surface area contributed by atoms with Crippen LogP contribution in [0.2, 0.25) is 0 Å². The highest BCUT2D eigenvalue weighted by Gasteiger charge is 2.17. The molecule has 0 aliphatic heterocycles. The molecule has 1 aromatic carbocycles. The van der Waals surface area contributed by atoms with Gasteiger partial charge in [-0.3, -0.25) is 4.79 Å². The average molecular weight is 427 g/mol. The standard InChI is InChI=1S/C19H18N6O2S2/c1-12-4-6-13(7-5-12)17-21-16(27-24-17)11-29-19-23-22-18(14-3-2-10-28-14)25(19)9-8-15(20)26/h2-7,10H,8-9,11H2,1H3,(H2,20,26). The SMILES string of the molecule is Cc1ccc(-c2noc(CSc3nnc(-c4cccs4)n3CCC(N)=O)n2)cc1. The van der Waals surface area contributed by atoms with Crippen molar-refractivity contribution in [2.24, 2.45) is 5.73 Å². The lowest BCUT2D eigenvalue weighted by Gasteiger charge is -2.07. The minimum Gasteiger partial charge on any atom is -0.370 e. The van der Waals surface area contributed by atoms with E-state index in [0.29, 0.717) is 29.2 Å². The van der Waals surface area contributed by atoms with E-state index in [1.54, 1.807) is 11.3 Å². The highest BCUT2D eigenvalue weighted by atomic mass is 32.2. The first-order valence-electron chi connectivity index (χ1n) is 8.88. The Labute approximate surface area is 175 Å². The maximum atomic E-state index is 11.3. The molecule has 29 heavy (non-hydrogen) atoms. The number of aryl methyl sites for hydroxylation is 1. The monoisotopic (exact) mass is 426 g/mol. The fourth-order valence-electron chi connectivity index (χ4n) is 2.67. The van der Waals surface area contributed by atoms with E-state index >= 15 is 0 Å². The Morgan fingerprint density at radius 3 is 2.79 bits per heavy atom. The lowest BCUT2D eigenvalue weighted by Crippen LogP contribution is -2.14. The van der Waals surface area contributed by atoms with Crippen molar-refractivity contribution in [2.45, 2.75) is 30.8 Å². The number of amides is 1. The van der Waals surface area contributed by atoms with E-state index in [0.717, 1.165) is 16.3 Å². The summed E-state index contributed by atoms with van der Waals surface area (Å²) in [5.41, 5.74) is 7.40. The highest BCUT2D eigenvalue weighted by Crippen LogP contribution is 2.29. The largest absolute Gasteiger partial charge is 0.370 e. The van der Waals surface area contributed by atoms with E-state index in [-0.39, 0.29) is 12.3 Å². The molecule has 0 spiro atoms. The average Bonchev–Trinajstić information content (AvgIpc) is 3.45. The van der Waals surface area contributed by atoms with Gasteiger partial charge in [0.1, 0.15) is 0 Å². The highest BCUT2D eigenvalue weighted by molar-refractivity contribution is 7.98. The van der Waals surface area contributed by atoms with Crippen molar-refractivity contribution in [3.63, 3.8) is 0 Å². The third kappa shape index (κ3) is 4.54. The van der Waals surface area contributed by atoms with Gasteiger partial charge < -0.3 is 14.8 Å². The summed E-state index contributed by atoms with van der Waals surface area (Å²) in [7, 11) is 0. The molecule has 0 saturated heterocycles. The van der Waals surface area contributed by atoms with Crippen molar-refractivity contribution in [2.75, 3.05) is 0 Å². The number of nitrogens with two attached hydrogens (primary N) is 1. The molecular weight excluding hydrogens is 408 g/mol. The number of thiophene rings is 1. The summed E-state index contributed by atoms with van der Waals surface area (Å²) in [6.07, 6.45) is 0.210. The molecule has 0 bridgehead atoms. The molecule has 10 heteroatoms. The zero-order valence-corrected chi connectivity index (χ0v) is 17.2. The van der Waals surface area contributed by atoms with Crippen LogP contribution in [0.5, 0.6) is 0 Å². The Kier molecular flexibility index (Phi) is 5.72. The fourth-order valence-corrected chi connectivity index (χ4v) is 4.19. The van der Waals surface area contributed by atoms with Crippen LogP contribution in [0.15, 0.2) is 51.5 Å². The second-order valence-corrected chi connectivity index (χ2v) is 8.21. The summed E-state index contributed by atoms with van der Waals surface area (Å²) in [6.45, 7) is 2.44. The summed E-state index contributed by atoms with van der Waals surface area (Å²) >= 11 is 2.99. The van der Waals surface area contributed by atoms with Crippen molar-refractivity contribution in [3.05, 3.63) is 53.2 Å².